The Labute approximate surface area is 614 Å². The van der Waals surface area contributed by atoms with Crippen LogP contribution < -0.4 is 64.6 Å². The molecule has 12 atom stereocenters. The number of phenolic OH excluding ortho intramolecular Hbond substituents is 1. The van der Waals surface area contributed by atoms with Crippen LogP contribution in [0.15, 0.2) is 109 Å². The molecule has 4 aromatic carbocycles. The van der Waals surface area contributed by atoms with Gasteiger partial charge < -0.3 is 84.8 Å². The summed E-state index contributed by atoms with van der Waals surface area (Å²) in [6, 6.07) is 16.7. The number of aliphatic hydroxyl groups is 1. The predicted octanol–water partition coefficient (Wildman–Crippen LogP) is 0.724. The second-order valence-corrected chi connectivity index (χ2v) is 27.3. The van der Waals surface area contributed by atoms with Crippen molar-refractivity contribution in [3.8, 4) is 5.75 Å². The summed E-state index contributed by atoms with van der Waals surface area (Å²) >= 11 is 8.65. The second kappa shape index (κ2) is 38.8. The molecule has 3 heterocycles. The van der Waals surface area contributed by atoms with Crippen molar-refractivity contribution in [2.24, 2.45) is 17.4 Å². The van der Waals surface area contributed by atoms with Crippen LogP contribution in [0.2, 0.25) is 0 Å². The van der Waals surface area contributed by atoms with Gasteiger partial charge in [-0.15, -0.1) is 0 Å². The Kier molecular flexibility index (Phi) is 29.9. The number of urea groups is 1. The number of aromatic hydroxyl groups is 1. The number of fused-ring (bicyclic) bond motifs is 3. The van der Waals surface area contributed by atoms with Crippen LogP contribution in [0.25, 0.3) is 21.8 Å². The number of nitrogens with one attached hydrogen (secondary N) is 12. The molecule has 2 unspecified atom stereocenters. The maximum atomic E-state index is 15.1. The monoisotopic (exact) mass is 1470 g/mol. The first-order valence-corrected chi connectivity index (χ1v) is 36.5. The van der Waals surface area contributed by atoms with Gasteiger partial charge in [0, 0.05) is 103 Å². The fraction of sp³-hybridized carbons (Fsp3) is 0.466. The third-order valence-corrected chi connectivity index (χ3v) is 19.6. The van der Waals surface area contributed by atoms with Gasteiger partial charge in [-0.25, -0.2) is 4.79 Å². The number of para-hydroxylation sites is 1. The Hall–Kier alpha value is -9.53. The minimum absolute atomic E-state index is 0.00130. The first kappa shape index (κ1) is 80.2. The Morgan fingerprint density at radius 1 is 0.615 bits per heavy atom. The fourth-order valence-corrected chi connectivity index (χ4v) is 13.8. The number of primary amides is 1. The van der Waals surface area contributed by atoms with E-state index in [-0.39, 0.29) is 93.4 Å². The van der Waals surface area contributed by atoms with Gasteiger partial charge in [0.1, 0.15) is 54.1 Å². The smallest absolute Gasteiger partial charge is 0.324 e. The number of amides is 12. The highest BCUT2D eigenvalue weighted by molar-refractivity contribution is 7.80. The largest absolute Gasteiger partial charge is 0.508 e. The predicted molar refractivity (Wildman–Crippen MR) is 399 cm³/mol. The molecule has 8 rings (SSSR count). The number of benzene rings is 4. The van der Waals surface area contributed by atoms with Crippen LogP contribution in [0, 0.1) is 5.92 Å². The molecule has 6 aromatic rings. The van der Waals surface area contributed by atoms with Crippen LogP contribution in [-0.4, -0.2) is 213 Å². The van der Waals surface area contributed by atoms with E-state index in [1.54, 1.807) is 68.4 Å². The number of hydrogen-bond acceptors (Lipinski definition) is 18. The van der Waals surface area contributed by atoms with Gasteiger partial charge in [0.05, 0.1) is 18.6 Å². The van der Waals surface area contributed by atoms with E-state index in [2.05, 4.69) is 94.5 Å². The molecule has 2 aliphatic rings. The van der Waals surface area contributed by atoms with Crippen molar-refractivity contribution in [2.45, 2.75) is 151 Å². The van der Waals surface area contributed by atoms with Gasteiger partial charge in [-0.3, -0.25) is 57.7 Å². The maximum absolute atomic E-state index is 15.1. The van der Waals surface area contributed by atoms with E-state index >= 15 is 4.79 Å². The lowest BCUT2D eigenvalue weighted by Gasteiger charge is -2.40. The van der Waals surface area contributed by atoms with Gasteiger partial charge in [-0.05, 0) is 124 Å². The van der Waals surface area contributed by atoms with Gasteiger partial charge in [0.15, 0.2) is 0 Å². The highest BCUT2D eigenvalue weighted by Crippen LogP contribution is 2.42. The van der Waals surface area contributed by atoms with Crippen molar-refractivity contribution in [3.05, 3.63) is 137 Å². The first-order valence-electron chi connectivity index (χ1n) is 35.2. The van der Waals surface area contributed by atoms with Gasteiger partial charge in [-0.2, -0.15) is 25.3 Å². The molecule has 1 aliphatic heterocycles. The van der Waals surface area contributed by atoms with Crippen LogP contribution in [-0.2, 0) is 73.6 Å². The standard InChI is InChI=1S/C73H98N16O13S2/c1-5-51(65(94)85-60(40-104)71(100)87-63(41(3)90)64(75)93)81-66(95)54(21-12-13-27-74)82-69(98)58(33-44-35-77-52-20-11-10-18-48(44)52)84-68(97)57(31-43-23-25-47(91)26-24-43)83-70(99)59(39-103)86-67(96)56(30-42-16-8-7-9-17-42)80-61(92)38-88(4)28-15-29-89(73(102)76-6-2)72(101)46-32-50-49-19-14-22-53-62(49)45(36-78-53)34-55(50)79-37-46/h7-11,14,16-20,22-26,35-36,41,46,50-51,54-60,63,77-79,90-91,103-104H,5-6,12-13,15,21,27-34,37-40,74H2,1-4H3,(H2,75,93)(H,76,102)(H,80,92)(H,81,95)(H,82,98)(H,83,99)(H,84,97)(H,85,94)(H,86,96)(H,87,100)/t41-,46-,50?,51+,54+,55?,56-,57+,58-,59+,60+,63+/m1/s1. The SMILES string of the molecule is CCNC(=O)N(CCCN(C)CC(=O)N[C@H](Cc1ccccc1)C(=O)N[C@@H](CS)C(=O)N[C@@H](Cc1ccc(O)cc1)C(=O)N[C@H](Cc1c[nH]c2ccccc12)C(=O)N[C@@H](CCCCN)C(=O)N[C@@H](CC)C(=O)N[C@@H](CS)C(=O)N[C@H](C(N)=O)[C@@H](C)O)C(=O)[C@H]1CNC2Cc3c[nH]c4cccc(c34)C2C1. The number of nitrogens with zero attached hydrogens (tertiary/aromatic N) is 2. The minimum atomic E-state index is -1.49. The van der Waals surface area contributed by atoms with E-state index in [9.17, 15) is 58.2 Å². The van der Waals surface area contributed by atoms with E-state index in [4.69, 9.17) is 11.5 Å². The third kappa shape index (κ3) is 21.8. The summed E-state index contributed by atoms with van der Waals surface area (Å²) in [6.07, 6.45) is 4.44. The molecule has 29 nitrogen and oxygen atoms in total. The number of phenols is 1. The van der Waals surface area contributed by atoms with E-state index < -0.39 is 120 Å². The summed E-state index contributed by atoms with van der Waals surface area (Å²) in [5.74, 6) is -8.75. The summed E-state index contributed by atoms with van der Waals surface area (Å²) in [4.78, 5) is 164. The molecule has 560 valence electrons. The Bertz CT molecular complexity index is 3970. The van der Waals surface area contributed by atoms with Crippen molar-refractivity contribution < 1.29 is 63.0 Å². The number of hydrogen-bond donors (Lipinski definition) is 18. The number of carbonyl (C=O) groups is 11. The molecule has 0 bridgehead atoms. The molecular weight excluding hydrogens is 1370 g/mol. The summed E-state index contributed by atoms with van der Waals surface area (Å²) in [5.41, 5.74) is 17.1. The Morgan fingerprint density at radius 2 is 1.17 bits per heavy atom. The van der Waals surface area contributed by atoms with Crippen molar-refractivity contribution >= 4 is 112 Å². The number of aromatic amines is 2. The van der Waals surface area contributed by atoms with Crippen molar-refractivity contribution in [2.75, 3.05) is 57.8 Å². The number of H-pyrrole nitrogens is 2. The fourth-order valence-electron chi connectivity index (χ4n) is 13.3. The highest BCUT2D eigenvalue weighted by atomic mass is 32.1. The van der Waals surface area contributed by atoms with Crippen molar-refractivity contribution in [1.82, 2.24) is 72.9 Å². The van der Waals surface area contributed by atoms with Crippen LogP contribution in [0.4, 0.5) is 4.79 Å². The van der Waals surface area contributed by atoms with Crippen LogP contribution in [0.1, 0.15) is 93.0 Å². The van der Waals surface area contributed by atoms with E-state index in [0.29, 0.717) is 66.4 Å². The summed E-state index contributed by atoms with van der Waals surface area (Å²) < 4.78 is 0. The zero-order valence-electron chi connectivity index (χ0n) is 58.9. The van der Waals surface area contributed by atoms with Gasteiger partial charge in [-0.1, -0.05) is 79.7 Å². The molecule has 0 spiro atoms. The molecule has 0 saturated carbocycles. The average molecular weight is 1470 g/mol. The maximum Gasteiger partial charge on any atom is 0.324 e. The number of aliphatic hydroxyl groups excluding tert-OH is 1. The highest BCUT2D eigenvalue weighted by Gasteiger charge is 2.42. The molecular formula is C73H98N16O13S2. The number of imide groups is 1. The first-order chi connectivity index (χ1) is 49.9. The lowest BCUT2D eigenvalue weighted by molar-refractivity contribution is -0.136. The number of rotatable bonds is 38. The lowest BCUT2D eigenvalue weighted by Crippen LogP contribution is -2.61. The zero-order chi connectivity index (χ0) is 75.1. The average Bonchev–Trinajstić information content (AvgIpc) is 1.56. The summed E-state index contributed by atoms with van der Waals surface area (Å²) in [7, 11) is 1.70. The minimum Gasteiger partial charge on any atom is -0.508 e. The van der Waals surface area contributed by atoms with E-state index in [0.717, 1.165) is 11.9 Å². The molecule has 2 aromatic heterocycles. The number of carbonyl (C=O) groups excluding carboxylic acids is 11. The number of likely N-dealkylation sites (N-methyl/N-ethyl adjacent to an activating group) is 1. The van der Waals surface area contributed by atoms with Gasteiger partial charge in [0.25, 0.3) is 0 Å². The molecule has 1 fully saturated rings. The number of nitrogens with two attached hydrogens (primary N) is 2. The van der Waals surface area contributed by atoms with E-state index in [1.807, 2.05) is 36.5 Å². The molecule has 104 heavy (non-hydrogen) atoms. The molecule has 18 N–H and O–H groups in total. The molecule has 0 radical (unpaired) electrons. The number of aromatic nitrogens is 2. The summed E-state index contributed by atoms with van der Waals surface area (Å²) in [5, 5.41) is 49.9. The van der Waals surface area contributed by atoms with Crippen LogP contribution >= 0.6 is 25.3 Å². The third-order valence-electron chi connectivity index (χ3n) is 18.8. The van der Waals surface area contributed by atoms with Crippen LogP contribution in [0.3, 0.4) is 0 Å². The normalized spacial score (nSPS) is 17.2. The topological polar surface area (TPSA) is 439 Å². The molecule has 1 aliphatic carbocycles. The zero-order valence-corrected chi connectivity index (χ0v) is 60.7. The second-order valence-electron chi connectivity index (χ2n) is 26.6. The lowest BCUT2D eigenvalue weighted by atomic mass is 9.73. The summed E-state index contributed by atoms with van der Waals surface area (Å²) in [6.45, 7) is 5.73. The number of unbranched alkanes of at least 4 members (excludes halogenated alkanes) is 1. The molecule has 31 heteroatoms. The van der Waals surface area contributed by atoms with Gasteiger partial charge in [0.2, 0.25) is 59.1 Å². The number of thiol groups is 2. The molecule has 1 saturated heterocycles. The molecule has 12 amide bonds. The van der Waals surface area contributed by atoms with Crippen molar-refractivity contribution in [1.29, 1.82) is 0 Å². The Balaban J connectivity index is 0.949. The van der Waals surface area contributed by atoms with Gasteiger partial charge >= 0.3 is 6.03 Å². The quantitative estimate of drug-likeness (QED) is 0.0188. The van der Waals surface area contributed by atoms with E-state index in [1.165, 1.54) is 52.6 Å². The van der Waals surface area contributed by atoms with Crippen LogP contribution in [0.5, 0.6) is 5.75 Å². The Morgan fingerprint density at radius 3 is 1.81 bits per heavy atom. The number of piperidine rings is 1. The van der Waals surface area contributed by atoms with Crippen molar-refractivity contribution in [3.63, 3.8) is 0 Å².